The quantitative estimate of drug-likeness (QED) is 0.401. The maximum absolute atomic E-state index is 4.37. The maximum atomic E-state index is 4.37. The van der Waals surface area contributed by atoms with E-state index in [1.807, 2.05) is 35.8 Å². The first-order valence-corrected chi connectivity index (χ1v) is 9.38. The highest BCUT2D eigenvalue weighted by atomic mass is 32.1. The molecule has 0 saturated heterocycles. The van der Waals surface area contributed by atoms with Crippen LogP contribution in [0, 0.1) is 0 Å². The number of nitrogens with zero attached hydrogens (tertiary/aromatic N) is 5. The molecule has 0 aliphatic carbocycles. The molecule has 6 nitrogen and oxygen atoms in total. The number of aryl methyl sites for hydroxylation is 1. The lowest BCUT2D eigenvalue weighted by Gasteiger charge is -2.21. The summed E-state index contributed by atoms with van der Waals surface area (Å²) in [4.78, 5) is 7.95. The number of aromatic nitrogens is 3. The molecule has 3 aromatic rings. The van der Waals surface area contributed by atoms with Crippen LogP contribution in [-0.2, 0) is 12.8 Å². The smallest absolute Gasteiger partial charge is 0.193 e. The van der Waals surface area contributed by atoms with Crippen molar-refractivity contribution in [1.82, 2.24) is 24.8 Å². The van der Waals surface area contributed by atoms with Gasteiger partial charge in [0.15, 0.2) is 11.6 Å². The second-order valence-electron chi connectivity index (χ2n) is 5.87. The number of hydrogen-bond donors (Lipinski definition) is 1. The second kappa shape index (κ2) is 8.62. The lowest BCUT2D eigenvalue weighted by molar-refractivity contribution is 0.485. The van der Waals surface area contributed by atoms with Crippen LogP contribution in [0.4, 0.5) is 0 Å². The molecule has 1 N–H and O–H groups in total. The van der Waals surface area contributed by atoms with E-state index in [9.17, 15) is 0 Å². The minimum Gasteiger partial charge on any atom is -0.356 e. The monoisotopic (exact) mass is 356 g/mol. The molecule has 7 heteroatoms. The first-order valence-electron chi connectivity index (χ1n) is 8.50. The Morgan fingerprint density at radius 2 is 2.16 bits per heavy atom. The Labute approximate surface area is 152 Å². The molecule has 0 aliphatic heterocycles. The highest BCUT2D eigenvalue weighted by molar-refractivity contribution is 7.09. The van der Waals surface area contributed by atoms with Crippen molar-refractivity contribution in [3.63, 3.8) is 0 Å². The van der Waals surface area contributed by atoms with Crippen LogP contribution in [0.25, 0.3) is 5.65 Å². The van der Waals surface area contributed by atoms with Crippen LogP contribution in [0.1, 0.15) is 17.1 Å². The molecule has 0 fully saturated rings. The van der Waals surface area contributed by atoms with Gasteiger partial charge >= 0.3 is 0 Å². The molecule has 132 valence electrons. The Bertz CT molecular complexity index is 808. The largest absolute Gasteiger partial charge is 0.356 e. The molecular formula is C18H24N6S. The number of hydrogen-bond acceptors (Lipinski definition) is 4. The van der Waals surface area contributed by atoms with Crippen molar-refractivity contribution in [2.24, 2.45) is 4.99 Å². The van der Waals surface area contributed by atoms with Gasteiger partial charge in [-0.05, 0) is 36.4 Å². The van der Waals surface area contributed by atoms with Crippen molar-refractivity contribution in [3.05, 3.63) is 52.6 Å². The van der Waals surface area contributed by atoms with E-state index in [0.29, 0.717) is 0 Å². The maximum Gasteiger partial charge on any atom is 0.193 e. The van der Waals surface area contributed by atoms with Crippen molar-refractivity contribution < 1.29 is 0 Å². The average Bonchev–Trinajstić information content (AvgIpc) is 3.30. The summed E-state index contributed by atoms with van der Waals surface area (Å²) in [5.41, 5.74) is 0.898. The van der Waals surface area contributed by atoms with E-state index in [0.717, 1.165) is 49.8 Å². The number of rotatable bonds is 7. The summed E-state index contributed by atoms with van der Waals surface area (Å²) in [7, 11) is 3.91. The van der Waals surface area contributed by atoms with Gasteiger partial charge in [-0.3, -0.25) is 9.39 Å². The molecule has 0 atom stereocenters. The van der Waals surface area contributed by atoms with Crippen LogP contribution in [0.3, 0.4) is 0 Å². The third kappa shape index (κ3) is 4.57. The number of nitrogens with one attached hydrogen (secondary N) is 1. The molecule has 3 aromatic heterocycles. The predicted octanol–water partition coefficient (Wildman–Crippen LogP) is 2.47. The number of fused-ring (bicyclic) bond motifs is 1. The molecule has 25 heavy (non-hydrogen) atoms. The summed E-state index contributed by atoms with van der Waals surface area (Å²) < 4.78 is 2.04. The fourth-order valence-electron chi connectivity index (χ4n) is 2.73. The number of likely N-dealkylation sites (N-methyl/N-ethyl adjacent to an activating group) is 1. The van der Waals surface area contributed by atoms with Gasteiger partial charge in [0.2, 0.25) is 0 Å². The lowest BCUT2D eigenvalue weighted by Crippen LogP contribution is -2.40. The van der Waals surface area contributed by atoms with Crippen LogP contribution >= 0.6 is 11.3 Å². The fraction of sp³-hybridized carbons (Fsp3) is 0.389. The van der Waals surface area contributed by atoms with Crippen molar-refractivity contribution in [2.45, 2.75) is 19.3 Å². The molecule has 0 saturated carbocycles. The number of thiophene rings is 1. The van der Waals surface area contributed by atoms with Crippen molar-refractivity contribution in [3.8, 4) is 0 Å². The van der Waals surface area contributed by atoms with Gasteiger partial charge in [-0.1, -0.05) is 12.1 Å². The third-order valence-corrected chi connectivity index (χ3v) is 5.03. The predicted molar refractivity (Wildman–Crippen MR) is 103 cm³/mol. The molecule has 0 amide bonds. The third-order valence-electron chi connectivity index (χ3n) is 4.09. The van der Waals surface area contributed by atoms with Gasteiger partial charge in [0.25, 0.3) is 0 Å². The van der Waals surface area contributed by atoms with Gasteiger partial charge in [-0.15, -0.1) is 21.5 Å². The highest BCUT2D eigenvalue weighted by Crippen LogP contribution is 2.09. The van der Waals surface area contributed by atoms with Crippen LogP contribution in [0.2, 0.25) is 0 Å². The summed E-state index contributed by atoms with van der Waals surface area (Å²) in [5, 5.41) is 14.0. The van der Waals surface area contributed by atoms with Crippen molar-refractivity contribution >= 4 is 22.9 Å². The van der Waals surface area contributed by atoms with Gasteiger partial charge in [0, 0.05) is 44.7 Å². The zero-order valence-electron chi connectivity index (χ0n) is 14.7. The number of aliphatic imine (C=N–C) groups is 1. The first-order chi connectivity index (χ1) is 12.3. The molecule has 3 rings (SSSR count). The highest BCUT2D eigenvalue weighted by Gasteiger charge is 2.07. The zero-order valence-corrected chi connectivity index (χ0v) is 15.5. The summed E-state index contributed by atoms with van der Waals surface area (Å²) in [6, 6.07) is 10.2. The zero-order chi connectivity index (χ0) is 17.5. The Balaban J connectivity index is 1.43. The van der Waals surface area contributed by atoms with Gasteiger partial charge < -0.3 is 10.2 Å². The summed E-state index contributed by atoms with van der Waals surface area (Å²) >= 11 is 1.80. The van der Waals surface area contributed by atoms with Crippen molar-refractivity contribution in [2.75, 3.05) is 27.2 Å². The summed E-state index contributed by atoms with van der Waals surface area (Å²) in [5.74, 6) is 1.93. The molecule has 0 aliphatic rings. The van der Waals surface area contributed by atoms with Crippen LogP contribution in [-0.4, -0.2) is 52.6 Å². The van der Waals surface area contributed by atoms with Gasteiger partial charge in [0.1, 0.15) is 5.82 Å². The van der Waals surface area contributed by atoms with E-state index < -0.39 is 0 Å². The molecule has 0 aromatic carbocycles. The molecule has 0 unspecified atom stereocenters. The van der Waals surface area contributed by atoms with E-state index in [1.54, 1.807) is 11.3 Å². The second-order valence-corrected chi connectivity index (χ2v) is 6.91. The van der Waals surface area contributed by atoms with Gasteiger partial charge in [-0.2, -0.15) is 0 Å². The number of guanidine groups is 1. The molecular weight excluding hydrogens is 332 g/mol. The molecule has 3 heterocycles. The van der Waals surface area contributed by atoms with E-state index in [-0.39, 0.29) is 0 Å². The Morgan fingerprint density at radius 3 is 2.96 bits per heavy atom. The lowest BCUT2D eigenvalue weighted by atomic mass is 10.3. The summed E-state index contributed by atoms with van der Waals surface area (Å²) in [6.45, 7) is 1.81. The summed E-state index contributed by atoms with van der Waals surface area (Å²) in [6.07, 6.45) is 4.91. The number of pyridine rings is 1. The first kappa shape index (κ1) is 17.4. The molecule has 0 radical (unpaired) electrons. The Morgan fingerprint density at radius 1 is 1.24 bits per heavy atom. The topological polar surface area (TPSA) is 57.8 Å². The van der Waals surface area contributed by atoms with Gasteiger partial charge in [-0.25, -0.2) is 0 Å². The van der Waals surface area contributed by atoms with Crippen molar-refractivity contribution in [1.29, 1.82) is 0 Å². The fourth-order valence-corrected chi connectivity index (χ4v) is 3.43. The Hall–Kier alpha value is -2.41. The van der Waals surface area contributed by atoms with Gasteiger partial charge in [0.05, 0.1) is 0 Å². The van der Waals surface area contributed by atoms with Crippen LogP contribution in [0.5, 0.6) is 0 Å². The van der Waals surface area contributed by atoms with Crippen LogP contribution < -0.4 is 5.32 Å². The van der Waals surface area contributed by atoms with E-state index >= 15 is 0 Å². The van der Waals surface area contributed by atoms with E-state index in [2.05, 4.69) is 50.0 Å². The average molecular weight is 356 g/mol. The molecule has 0 spiro atoms. The SMILES string of the molecule is CN=C(NCCCc1nnc2ccccn12)N(C)CCc1cccs1. The minimum atomic E-state index is 0.859. The normalized spacial score (nSPS) is 11.8. The standard InChI is InChI=1S/C18H24N6S/c1-19-18(23(2)13-10-15-7-6-14-25-15)20-11-5-9-17-22-21-16-8-3-4-12-24(16)17/h3-4,6-8,12,14H,5,9-11,13H2,1-2H3,(H,19,20). The minimum absolute atomic E-state index is 0.859. The molecule has 0 bridgehead atoms. The van der Waals surface area contributed by atoms with E-state index in [1.165, 1.54) is 4.88 Å². The van der Waals surface area contributed by atoms with Crippen LogP contribution in [0.15, 0.2) is 46.9 Å². The van der Waals surface area contributed by atoms with E-state index in [4.69, 9.17) is 0 Å². The Kier molecular flexibility index (Phi) is 6.00.